The Morgan fingerprint density at radius 1 is 1.22 bits per heavy atom. The number of thioether (sulfide) groups is 1. The van der Waals surface area contributed by atoms with E-state index in [4.69, 9.17) is 10.2 Å². The maximum absolute atomic E-state index is 13.1. The number of anilines is 2. The maximum Gasteiger partial charge on any atom is 0.234 e. The Balaban J connectivity index is 1.40. The molecule has 2 aromatic heterocycles. The lowest BCUT2D eigenvalue weighted by Crippen LogP contribution is -2.38. The number of nitrogens with one attached hydrogen (secondary N) is 1. The second-order valence-corrected chi connectivity index (χ2v) is 10.4. The zero-order chi connectivity index (χ0) is 25.9. The minimum atomic E-state index is -0.666. The lowest BCUT2D eigenvalue weighted by molar-refractivity contribution is -0.116. The summed E-state index contributed by atoms with van der Waals surface area (Å²) in [6.07, 6.45) is 3.12. The number of nitriles is 2. The van der Waals surface area contributed by atoms with Crippen LogP contribution in [0.5, 0.6) is 0 Å². The third kappa shape index (κ3) is 4.60. The third-order valence-electron chi connectivity index (χ3n) is 5.98. The molecule has 3 aromatic rings. The normalized spacial score (nSPS) is 17.3. The van der Waals surface area contributed by atoms with Gasteiger partial charge in [-0.25, -0.2) is 0 Å². The van der Waals surface area contributed by atoms with E-state index in [0.717, 1.165) is 0 Å². The first-order valence-corrected chi connectivity index (χ1v) is 13.1. The number of nitrogens with two attached hydrogens (primary N) is 1. The molecule has 37 heavy (non-hydrogen) atoms. The Labute approximate surface area is 220 Å². The van der Waals surface area contributed by atoms with Crippen molar-refractivity contribution in [1.29, 1.82) is 10.5 Å². The first kappa shape index (κ1) is 24.3. The average Bonchev–Trinajstić information content (AvgIpc) is 3.60. The summed E-state index contributed by atoms with van der Waals surface area (Å²) in [7, 11) is 0. The molecule has 3 heterocycles. The Morgan fingerprint density at radius 2 is 2.05 bits per heavy atom. The Kier molecular flexibility index (Phi) is 6.77. The van der Waals surface area contributed by atoms with Crippen LogP contribution in [0.1, 0.15) is 36.5 Å². The van der Waals surface area contributed by atoms with Gasteiger partial charge in [-0.2, -0.15) is 10.5 Å². The van der Waals surface area contributed by atoms with Crippen molar-refractivity contribution in [3.63, 3.8) is 0 Å². The predicted molar refractivity (Wildman–Crippen MR) is 137 cm³/mol. The molecule has 5 rings (SSSR count). The van der Waals surface area contributed by atoms with Crippen LogP contribution in [0.3, 0.4) is 0 Å². The van der Waals surface area contributed by atoms with E-state index >= 15 is 0 Å². The molecule has 2 aliphatic rings. The molecule has 10 nitrogen and oxygen atoms in total. The van der Waals surface area contributed by atoms with Gasteiger partial charge in [-0.05, 0) is 37.1 Å². The molecule has 0 saturated heterocycles. The van der Waals surface area contributed by atoms with Crippen LogP contribution in [-0.2, 0) is 9.59 Å². The van der Waals surface area contributed by atoms with Gasteiger partial charge in [-0.3, -0.25) is 14.5 Å². The van der Waals surface area contributed by atoms with E-state index in [2.05, 4.69) is 21.6 Å². The number of carbonyl (C=O) groups excluding carboxylic acids is 2. The highest BCUT2D eigenvalue weighted by Gasteiger charge is 2.42. The summed E-state index contributed by atoms with van der Waals surface area (Å²) < 4.78 is 6.09. The third-order valence-corrected chi connectivity index (χ3v) is 8.02. The molecule has 1 aliphatic carbocycles. The van der Waals surface area contributed by atoms with Gasteiger partial charge in [0.25, 0.3) is 0 Å². The van der Waals surface area contributed by atoms with Gasteiger partial charge in [0, 0.05) is 17.7 Å². The average molecular weight is 530 g/mol. The number of hydrogen-bond donors (Lipinski definition) is 2. The monoisotopic (exact) mass is 529 g/mol. The number of amides is 1. The maximum atomic E-state index is 13.1. The number of benzene rings is 1. The van der Waals surface area contributed by atoms with Crippen LogP contribution in [-0.4, -0.2) is 27.6 Å². The van der Waals surface area contributed by atoms with E-state index in [1.54, 1.807) is 41.3 Å². The van der Waals surface area contributed by atoms with Crippen LogP contribution in [0.15, 0.2) is 74.1 Å². The molecule has 0 spiro atoms. The van der Waals surface area contributed by atoms with Crippen molar-refractivity contribution in [3.05, 3.63) is 76.6 Å². The fraction of sp³-hybridized carbons (Fsp3) is 0.200. The number of nitrogens with zero attached hydrogens (tertiary/aromatic N) is 5. The molecule has 3 N–H and O–H groups in total. The molecule has 0 radical (unpaired) electrons. The summed E-state index contributed by atoms with van der Waals surface area (Å²) >= 11 is 2.39. The van der Waals surface area contributed by atoms with Gasteiger partial charge in [0.1, 0.15) is 17.7 Å². The number of para-hydroxylation sites is 1. The SMILES string of the molecule is N#CC1=C(N)N(c2nnc(SCC(=O)Nc3ccccc3C#N)s2)C2=C(C(=O)CCC2)C1c1ccco1. The molecule has 12 heteroatoms. The number of aromatic nitrogens is 2. The predicted octanol–water partition coefficient (Wildman–Crippen LogP) is 4.04. The Morgan fingerprint density at radius 3 is 2.81 bits per heavy atom. The number of ketones is 1. The van der Waals surface area contributed by atoms with Crippen LogP contribution in [0.4, 0.5) is 10.8 Å². The van der Waals surface area contributed by atoms with Crippen molar-refractivity contribution in [2.75, 3.05) is 16.0 Å². The van der Waals surface area contributed by atoms with Crippen molar-refractivity contribution in [3.8, 4) is 12.1 Å². The standard InChI is InChI=1S/C25H19N7O3S2/c26-11-14-5-1-2-6-16(14)29-20(34)13-36-25-31-30-24(37-25)32-17-7-3-8-18(33)22(17)21(15(12-27)23(32)28)19-9-4-10-35-19/h1-2,4-6,9-10,21H,3,7-8,13,28H2,(H,29,34). The molecule has 1 amide bonds. The first-order chi connectivity index (χ1) is 18.0. The van der Waals surface area contributed by atoms with Crippen molar-refractivity contribution in [2.45, 2.75) is 29.5 Å². The highest BCUT2D eigenvalue weighted by molar-refractivity contribution is 8.01. The van der Waals surface area contributed by atoms with E-state index in [-0.39, 0.29) is 28.8 Å². The van der Waals surface area contributed by atoms with Gasteiger partial charge in [0.05, 0.1) is 40.8 Å². The minimum Gasteiger partial charge on any atom is -0.468 e. The van der Waals surface area contributed by atoms with E-state index in [1.807, 2.05) is 6.07 Å². The molecule has 0 bridgehead atoms. The van der Waals surface area contributed by atoms with Crippen LogP contribution < -0.4 is 16.0 Å². The van der Waals surface area contributed by atoms with Crippen molar-refractivity contribution in [2.24, 2.45) is 5.73 Å². The largest absolute Gasteiger partial charge is 0.468 e. The number of Topliss-reactive ketones (excluding diaryl/α,β-unsaturated/α-hetero) is 1. The molecule has 1 aliphatic heterocycles. The minimum absolute atomic E-state index is 0.0517. The zero-order valence-corrected chi connectivity index (χ0v) is 20.9. The summed E-state index contributed by atoms with van der Waals surface area (Å²) in [5.41, 5.74) is 8.70. The summed E-state index contributed by atoms with van der Waals surface area (Å²) in [4.78, 5) is 27.1. The summed E-state index contributed by atoms with van der Waals surface area (Å²) in [6.45, 7) is 0. The summed E-state index contributed by atoms with van der Waals surface area (Å²) in [5, 5.41) is 30.8. The first-order valence-electron chi connectivity index (χ1n) is 11.3. The molecule has 184 valence electrons. The second kappa shape index (κ2) is 10.3. The van der Waals surface area contributed by atoms with Crippen LogP contribution >= 0.6 is 23.1 Å². The highest BCUT2D eigenvalue weighted by atomic mass is 32.2. The molecule has 1 atom stereocenters. The lowest BCUT2D eigenvalue weighted by Gasteiger charge is -2.37. The number of rotatable bonds is 6. The quantitative estimate of drug-likeness (QED) is 0.446. The summed E-state index contributed by atoms with van der Waals surface area (Å²) in [5.74, 6) is -0.300. The molecular formula is C25H19N7O3S2. The van der Waals surface area contributed by atoms with Crippen LogP contribution in [0, 0.1) is 22.7 Å². The molecular weight excluding hydrogens is 510 g/mol. The highest BCUT2D eigenvalue weighted by Crippen LogP contribution is 2.47. The van der Waals surface area contributed by atoms with Gasteiger partial charge < -0.3 is 15.5 Å². The van der Waals surface area contributed by atoms with Crippen LogP contribution in [0.25, 0.3) is 0 Å². The van der Waals surface area contributed by atoms with Crippen LogP contribution in [0.2, 0.25) is 0 Å². The fourth-order valence-electron chi connectivity index (χ4n) is 4.40. The van der Waals surface area contributed by atoms with Crippen molar-refractivity contribution in [1.82, 2.24) is 10.2 Å². The second-order valence-electron chi connectivity index (χ2n) is 8.18. The smallest absolute Gasteiger partial charge is 0.234 e. The Bertz CT molecular complexity index is 1530. The van der Waals surface area contributed by atoms with Crippen molar-refractivity contribution < 1.29 is 14.0 Å². The van der Waals surface area contributed by atoms with E-state index in [0.29, 0.717) is 57.0 Å². The molecule has 0 fully saturated rings. The van der Waals surface area contributed by atoms with Gasteiger partial charge in [0.2, 0.25) is 11.0 Å². The topological polar surface area (TPSA) is 162 Å². The fourth-order valence-corrected chi connectivity index (χ4v) is 6.08. The lowest BCUT2D eigenvalue weighted by atomic mass is 9.78. The van der Waals surface area contributed by atoms with Gasteiger partial charge >= 0.3 is 0 Å². The molecule has 1 aromatic carbocycles. The molecule has 0 saturated carbocycles. The molecule has 1 unspecified atom stereocenters. The van der Waals surface area contributed by atoms with E-state index in [1.165, 1.54) is 29.4 Å². The van der Waals surface area contributed by atoms with E-state index in [9.17, 15) is 20.1 Å². The zero-order valence-electron chi connectivity index (χ0n) is 19.3. The number of furan rings is 1. The number of carbonyl (C=O) groups is 2. The van der Waals surface area contributed by atoms with Gasteiger partial charge in [0.15, 0.2) is 10.1 Å². The summed E-state index contributed by atoms with van der Waals surface area (Å²) in [6, 6.07) is 14.4. The Hall–Kier alpha value is -4.39. The van der Waals surface area contributed by atoms with E-state index < -0.39 is 5.92 Å². The van der Waals surface area contributed by atoms with Gasteiger partial charge in [-0.15, -0.1) is 10.2 Å². The number of hydrogen-bond acceptors (Lipinski definition) is 11. The van der Waals surface area contributed by atoms with Gasteiger partial charge in [-0.1, -0.05) is 35.2 Å². The number of allylic oxidation sites excluding steroid dienone is 3. The van der Waals surface area contributed by atoms with Crippen molar-refractivity contribution >= 4 is 45.6 Å².